The molecular formula is C11H20O. The Labute approximate surface area is 75.5 Å². The molecule has 1 N–H and O–H groups in total. The van der Waals surface area contributed by atoms with Crippen LogP contribution < -0.4 is 0 Å². The molecule has 0 aromatic heterocycles. The first-order chi connectivity index (χ1) is 5.70. The maximum Gasteiger partial charge on any atom is 0.0568 e. The van der Waals surface area contributed by atoms with Gasteiger partial charge < -0.3 is 5.11 Å². The highest BCUT2D eigenvalue weighted by molar-refractivity contribution is 4.89. The summed E-state index contributed by atoms with van der Waals surface area (Å²) in [7, 11) is 0. The minimum absolute atomic E-state index is 0.0295. The second-order valence-corrected chi connectivity index (χ2v) is 4.11. The van der Waals surface area contributed by atoms with Gasteiger partial charge >= 0.3 is 0 Å². The van der Waals surface area contributed by atoms with Crippen LogP contribution in [0.2, 0.25) is 0 Å². The zero-order valence-electron chi connectivity index (χ0n) is 8.05. The molecular weight excluding hydrogens is 148 g/mol. The number of aliphatic hydroxyl groups is 1. The SMILES string of the molecule is C=C(C)CC[C@@H]1CCCC[C@H]1O. The first-order valence-corrected chi connectivity index (χ1v) is 5.02. The fourth-order valence-corrected chi connectivity index (χ4v) is 1.96. The number of aliphatic hydroxyl groups excluding tert-OH is 1. The van der Waals surface area contributed by atoms with Gasteiger partial charge in [0.2, 0.25) is 0 Å². The molecule has 0 heterocycles. The van der Waals surface area contributed by atoms with Crippen molar-refractivity contribution in [3.63, 3.8) is 0 Å². The molecule has 1 fully saturated rings. The van der Waals surface area contributed by atoms with Crippen molar-refractivity contribution in [2.24, 2.45) is 5.92 Å². The summed E-state index contributed by atoms with van der Waals surface area (Å²) in [5.41, 5.74) is 1.24. The van der Waals surface area contributed by atoms with Crippen LogP contribution in [0, 0.1) is 5.92 Å². The van der Waals surface area contributed by atoms with Gasteiger partial charge in [-0.25, -0.2) is 0 Å². The van der Waals surface area contributed by atoms with Crippen molar-refractivity contribution in [1.82, 2.24) is 0 Å². The van der Waals surface area contributed by atoms with Gasteiger partial charge in [-0.1, -0.05) is 18.4 Å². The van der Waals surface area contributed by atoms with E-state index in [4.69, 9.17) is 0 Å². The first-order valence-electron chi connectivity index (χ1n) is 5.02. The average molecular weight is 168 g/mol. The molecule has 1 saturated carbocycles. The second kappa shape index (κ2) is 4.66. The lowest BCUT2D eigenvalue weighted by atomic mass is 9.83. The van der Waals surface area contributed by atoms with E-state index in [1.165, 1.54) is 24.8 Å². The van der Waals surface area contributed by atoms with Gasteiger partial charge in [-0.3, -0.25) is 0 Å². The van der Waals surface area contributed by atoms with Crippen LogP contribution >= 0.6 is 0 Å². The molecule has 1 aliphatic carbocycles. The molecule has 0 spiro atoms. The van der Waals surface area contributed by atoms with Gasteiger partial charge in [0.25, 0.3) is 0 Å². The molecule has 1 rings (SSSR count). The summed E-state index contributed by atoms with van der Waals surface area (Å²) in [6, 6.07) is 0. The predicted molar refractivity (Wildman–Crippen MR) is 52.0 cm³/mol. The van der Waals surface area contributed by atoms with Crippen LogP contribution in [0.3, 0.4) is 0 Å². The minimum Gasteiger partial charge on any atom is -0.393 e. The van der Waals surface area contributed by atoms with Crippen molar-refractivity contribution < 1.29 is 5.11 Å². The summed E-state index contributed by atoms with van der Waals surface area (Å²) in [4.78, 5) is 0. The normalized spacial score (nSPS) is 30.2. The predicted octanol–water partition coefficient (Wildman–Crippen LogP) is 2.89. The second-order valence-electron chi connectivity index (χ2n) is 4.11. The van der Waals surface area contributed by atoms with Crippen molar-refractivity contribution in [3.8, 4) is 0 Å². The number of allylic oxidation sites excluding steroid dienone is 1. The van der Waals surface area contributed by atoms with Gasteiger partial charge in [0.1, 0.15) is 0 Å². The number of hydrogen-bond acceptors (Lipinski definition) is 1. The zero-order valence-corrected chi connectivity index (χ0v) is 8.05. The molecule has 0 saturated heterocycles. The van der Waals surface area contributed by atoms with E-state index in [-0.39, 0.29) is 6.10 Å². The zero-order chi connectivity index (χ0) is 8.97. The van der Waals surface area contributed by atoms with Crippen molar-refractivity contribution in [3.05, 3.63) is 12.2 Å². The van der Waals surface area contributed by atoms with Crippen LogP contribution in [0.15, 0.2) is 12.2 Å². The Balaban J connectivity index is 2.24. The van der Waals surface area contributed by atoms with E-state index in [9.17, 15) is 5.11 Å². The molecule has 0 aromatic carbocycles. The number of rotatable bonds is 3. The van der Waals surface area contributed by atoms with E-state index >= 15 is 0 Å². The topological polar surface area (TPSA) is 20.2 Å². The molecule has 0 radical (unpaired) electrons. The fraction of sp³-hybridized carbons (Fsp3) is 0.818. The monoisotopic (exact) mass is 168 g/mol. The Hall–Kier alpha value is -0.300. The van der Waals surface area contributed by atoms with Gasteiger partial charge in [-0.15, -0.1) is 6.58 Å². The highest BCUT2D eigenvalue weighted by Crippen LogP contribution is 2.28. The smallest absolute Gasteiger partial charge is 0.0568 e. The summed E-state index contributed by atoms with van der Waals surface area (Å²) in [6.45, 7) is 5.95. The minimum atomic E-state index is -0.0295. The average Bonchev–Trinajstić information content (AvgIpc) is 2.03. The fourth-order valence-electron chi connectivity index (χ4n) is 1.96. The van der Waals surface area contributed by atoms with E-state index in [2.05, 4.69) is 13.5 Å². The molecule has 0 aromatic rings. The van der Waals surface area contributed by atoms with Crippen molar-refractivity contribution in [2.45, 2.75) is 51.6 Å². The van der Waals surface area contributed by atoms with Gasteiger partial charge in [-0.05, 0) is 38.5 Å². The molecule has 70 valence electrons. The van der Waals surface area contributed by atoms with Gasteiger partial charge in [-0.2, -0.15) is 0 Å². The lowest BCUT2D eigenvalue weighted by molar-refractivity contribution is 0.0655. The summed E-state index contributed by atoms with van der Waals surface area (Å²) in [6.07, 6.45) is 6.94. The molecule has 1 nitrogen and oxygen atoms in total. The van der Waals surface area contributed by atoms with Crippen LogP contribution in [-0.2, 0) is 0 Å². The molecule has 12 heavy (non-hydrogen) atoms. The third-order valence-corrected chi connectivity index (χ3v) is 2.81. The Morgan fingerprint density at radius 1 is 1.42 bits per heavy atom. The maximum absolute atomic E-state index is 9.65. The summed E-state index contributed by atoms with van der Waals surface area (Å²) >= 11 is 0. The summed E-state index contributed by atoms with van der Waals surface area (Å²) in [5, 5.41) is 9.65. The van der Waals surface area contributed by atoms with Crippen LogP contribution in [0.5, 0.6) is 0 Å². The lowest BCUT2D eigenvalue weighted by Gasteiger charge is -2.27. The Morgan fingerprint density at radius 2 is 2.08 bits per heavy atom. The highest BCUT2D eigenvalue weighted by atomic mass is 16.3. The molecule has 1 aliphatic rings. The Morgan fingerprint density at radius 3 is 2.67 bits per heavy atom. The first kappa shape index (κ1) is 9.79. The number of hydrogen-bond donors (Lipinski definition) is 1. The van der Waals surface area contributed by atoms with E-state index in [0.717, 1.165) is 19.3 Å². The molecule has 2 atom stereocenters. The molecule has 1 heteroatoms. The van der Waals surface area contributed by atoms with E-state index in [1.807, 2.05) is 0 Å². The van der Waals surface area contributed by atoms with Crippen molar-refractivity contribution in [1.29, 1.82) is 0 Å². The quantitative estimate of drug-likeness (QED) is 0.642. The molecule has 0 bridgehead atoms. The Kier molecular flexibility index (Phi) is 3.80. The van der Waals surface area contributed by atoms with Crippen molar-refractivity contribution in [2.75, 3.05) is 0 Å². The van der Waals surface area contributed by atoms with Crippen LogP contribution in [0.4, 0.5) is 0 Å². The van der Waals surface area contributed by atoms with Gasteiger partial charge in [0.05, 0.1) is 6.10 Å². The van der Waals surface area contributed by atoms with Crippen LogP contribution in [-0.4, -0.2) is 11.2 Å². The van der Waals surface area contributed by atoms with E-state index < -0.39 is 0 Å². The van der Waals surface area contributed by atoms with Crippen LogP contribution in [0.25, 0.3) is 0 Å². The summed E-state index contributed by atoms with van der Waals surface area (Å²) in [5.74, 6) is 0.551. The molecule has 0 amide bonds. The maximum atomic E-state index is 9.65. The lowest BCUT2D eigenvalue weighted by Crippen LogP contribution is -2.24. The van der Waals surface area contributed by atoms with E-state index in [1.54, 1.807) is 0 Å². The largest absolute Gasteiger partial charge is 0.393 e. The van der Waals surface area contributed by atoms with Crippen molar-refractivity contribution >= 4 is 0 Å². The third kappa shape index (κ3) is 2.98. The Bertz CT molecular complexity index is 151. The van der Waals surface area contributed by atoms with E-state index in [0.29, 0.717) is 5.92 Å². The molecule has 0 unspecified atom stereocenters. The standard InChI is InChI=1S/C11H20O/c1-9(2)7-8-10-5-3-4-6-11(10)12/h10-12H,1,3-8H2,2H3/t10-,11+/m0/s1. The highest BCUT2D eigenvalue weighted by Gasteiger charge is 2.21. The third-order valence-electron chi connectivity index (χ3n) is 2.81. The van der Waals surface area contributed by atoms with Gasteiger partial charge in [0, 0.05) is 0 Å². The van der Waals surface area contributed by atoms with Gasteiger partial charge in [0.15, 0.2) is 0 Å². The van der Waals surface area contributed by atoms with Crippen LogP contribution in [0.1, 0.15) is 45.4 Å². The molecule has 0 aliphatic heterocycles. The summed E-state index contributed by atoms with van der Waals surface area (Å²) < 4.78 is 0.